The summed E-state index contributed by atoms with van der Waals surface area (Å²) < 4.78 is 13.1. The van der Waals surface area contributed by atoms with E-state index >= 15 is 0 Å². The van der Waals surface area contributed by atoms with Gasteiger partial charge in [-0.2, -0.15) is 5.10 Å². The Bertz CT molecular complexity index is 836. The minimum atomic E-state index is -0.130. The summed E-state index contributed by atoms with van der Waals surface area (Å²) in [6.45, 7) is 2.38. The lowest BCUT2D eigenvalue weighted by Crippen LogP contribution is -2.39. The molecule has 0 bridgehead atoms. The van der Waals surface area contributed by atoms with Crippen LogP contribution in [-0.2, 0) is 16.1 Å². The molecule has 27 heavy (non-hydrogen) atoms. The first-order valence-electron chi connectivity index (χ1n) is 9.03. The Kier molecular flexibility index (Phi) is 4.81. The van der Waals surface area contributed by atoms with Gasteiger partial charge in [-0.15, -0.1) is 0 Å². The van der Waals surface area contributed by atoms with E-state index in [-0.39, 0.29) is 24.5 Å². The number of fused-ring (bicyclic) bond motifs is 1. The maximum Gasteiger partial charge on any atom is 0.264 e. The van der Waals surface area contributed by atoms with Gasteiger partial charge in [0.05, 0.1) is 18.3 Å². The van der Waals surface area contributed by atoms with Gasteiger partial charge in [0.1, 0.15) is 5.75 Å². The van der Waals surface area contributed by atoms with E-state index in [0.29, 0.717) is 43.2 Å². The number of nitrogens with zero attached hydrogens (tertiary/aromatic N) is 4. The van der Waals surface area contributed by atoms with Gasteiger partial charge in [0.2, 0.25) is 0 Å². The van der Waals surface area contributed by atoms with Crippen LogP contribution in [0.2, 0.25) is 0 Å². The lowest BCUT2D eigenvalue weighted by molar-refractivity contribution is -0.120. The average molecular weight is 370 g/mol. The van der Waals surface area contributed by atoms with Gasteiger partial charge < -0.3 is 19.3 Å². The number of carbonyl (C=O) groups excluding carboxylic acids is 2. The van der Waals surface area contributed by atoms with E-state index in [1.807, 2.05) is 21.8 Å². The maximum absolute atomic E-state index is 13.1. The highest BCUT2D eigenvalue weighted by Crippen LogP contribution is 2.32. The standard InChI is InChI=1S/C19H22N4O4/c1-21-16-10-14(4-5-17(16)27-13-18(21)24)19(25)22-7-3-9-26-15(11-22)12-23-8-2-6-20-23/h2,4-6,8,10,15H,3,7,9,11-13H2,1H3/t15-/m1/s1. The number of carbonyl (C=O) groups is 2. The van der Waals surface area contributed by atoms with E-state index in [0.717, 1.165) is 6.42 Å². The molecule has 0 radical (unpaired) electrons. The number of anilines is 1. The van der Waals surface area contributed by atoms with Crippen LogP contribution in [0.5, 0.6) is 5.75 Å². The summed E-state index contributed by atoms with van der Waals surface area (Å²) in [6, 6.07) is 7.09. The molecule has 2 aromatic rings. The highest BCUT2D eigenvalue weighted by atomic mass is 16.5. The second kappa shape index (κ2) is 7.40. The Labute approximate surface area is 157 Å². The lowest BCUT2D eigenvalue weighted by Gasteiger charge is -2.28. The zero-order valence-electron chi connectivity index (χ0n) is 15.2. The molecule has 0 spiro atoms. The Hall–Kier alpha value is -2.87. The van der Waals surface area contributed by atoms with E-state index in [1.165, 1.54) is 4.90 Å². The number of benzene rings is 1. The zero-order chi connectivity index (χ0) is 18.8. The Morgan fingerprint density at radius 3 is 3.07 bits per heavy atom. The van der Waals surface area contributed by atoms with Gasteiger partial charge in [0.25, 0.3) is 11.8 Å². The number of amides is 2. The van der Waals surface area contributed by atoms with Gasteiger partial charge >= 0.3 is 0 Å². The quantitative estimate of drug-likeness (QED) is 0.811. The molecule has 1 fully saturated rings. The van der Waals surface area contributed by atoms with E-state index < -0.39 is 0 Å². The summed E-state index contributed by atoms with van der Waals surface area (Å²) >= 11 is 0. The van der Waals surface area contributed by atoms with Crippen LogP contribution < -0.4 is 9.64 Å². The van der Waals surface area contributed by atoms with Gasteiger partial charge in [-0.3, -0.25) is 14.3 Å². The van der Waals surface area contributed by atoms with E-state index in [2.05, 4.69) is 5.10 Å². The third-order valence-electron chi connectivity index (χ3n) is 4.88. The van der Waals surface area contributed by atoms with Crippen LogP contribution in [0, 0.1) is 0 Å². The van der Waals surface area contributed by atoms with Crippen LogP contribution >= 0.6 is 0 Å². The first-order chi connectivity index (χ1) is 13.1. The molecule has 2 aliphatic rings. The van der Waals surface area contributed by atoms with Gasteiger partial charge in [0.15, 0.2) is 6.61 Å². The fourth-order valence-corrected chi connectivity index (χ4v) is 3.40. The van der Waals surface area contributed by atoms with Crippen LogP contribution in [-0.4, -0.2) is 65.9 Å². The first kappa shape index (κ1) is 17.5. The average Bonchev–Trinajstić information content (AvgIpc) is 3.08. The molecule has 8 heteroatoms. The highest BCUT2D eigenvalue weighted by Gasteiger charge is 2.27. The summed E-state index contributed by atoms with van der Waals surface area (Å²) in [7, 11) is 1.69. The molecule has 1 saturated heterocycles. The second-order valence-electron chi connectivity index (χ2n) is 6.75. The van der Waals surface area contributed by atoms with Crippen molar-refractivity contribution in [2.24, 2.45) is 0 Å². The van der Waals surface area contributed by atoms with Crippen LogP contribution in [0.1, 0.15) is 16.8 Å². The second-order valence-corrected chi connectivity index (χ2v) is 6.75. The summed E-state index contributed by atoms with van der Waals surface area (Å²) in [4.78, 5) is 28.3. The molecule has 4 rings (SSSR count). The molecule has 0 aliphatic carbocycles. The Morgan fingerprint density at radius 2 is 2.26 bits per heavy atom. The molecule has 1 aromatic heterocycles. The van der Waals surface area contributed by atoms with Crippen molar-refractivity contribution in [2.45, 2.75) is 19.1 Å². The van der Waals surface area contributed by atoms with Crippen molar-refractivity contribution in [1.82, 2.24) is 14.7 Å². The number of hydrogen-bond donors (Lipinski definition) is 0. The fourth-order valence-electron chi connectivity index (χ4n) is 3.40. The monoisotopic (exact) mass is 370 g/mol. The van der Waals surface area contributed by atoms with Crippen molar-refractivity contribution in [2.75, 3.05) is 38.3 Å². The molecule has 0 N–H and O–H groups in total. The lowest BCUT2D eigenvalue weighted by atomic mass is 10.1. The third-order valence-corrected chi connectivity index (χ3v) is 4.88. The van der Waals surface area contributed by atoms with E-state index in [9.17, 15) is 9.59 Å². The number of likely N-dealkylation sites (N-methyl/N-ethyl adjacent to an activating group) is 1. The zero-order valence-corrected chi connectivity index (χ0v) is 15.2. The highest BCUT2D eigenvalue weighted by molar-refractivity contribution is 6.01. The first-order valence-corrected chi connectivity index (χ1v) is 9.03. The molecule has 0 unspecified atom stereocenters. The van der Waals surface area contributed by atoms with Crippen LogP contribution in [0.15, 0.2) is 36.7 Å². The molecule has 8 nitrogen and oxygen atoms in total. The third kappa shape index (κ3) is 3.66. The molecule has 1 aromatic carbocycles. The molecule has 142 valence electrons. The van der Waals surface area contributed by atoms with Crippen molar-refractivity contribution in [3.8, 4) is 5.75 Å². The number of rotatable bonds is 3. The number of ether oxygens (including phenoxy) is 2. The van der Waals surface area contributed by atoms with Crippen LogP contribution in [0.25, 0.3) is 0 Å². The SMILES string of the molecule is CN1C(=O)COc2ccc(C(=O)N3CCCO[C@@H](Cn4cccn4)C3)cc21. The molecule has 0 saturated carbocycles. The maximum atomic E-state index is 13.1. The van der Waals surface area contributed by atoms with Gasteiger partial charge in [-0.25, -0.2) is 0 Å². The topological polar surface area (TPSA) is 76.9 Å². The van der Waals surface area contributed by atoms with Crippen LogP contribution in [0.3, 0.4) is 0 Å². The smallest absolute Gasteiger partial charge is 0.264 e. The minimum absolute atomic E-state index is 0.0232. The van der Waals surface area contributed by atoms with Gasteiger partial charge in [-0.05, 0) is 30.7 Å². The Morgan fingerprint density at radius 1 is 1.37 bits per heavy atom. The summed E-state index contributed by atoms with van der Waals surface area (Å²) in [5, 5.41) is 4.21. The molecule has 2 aliphatic heterocycles. The summed E-state index contributed by atoms with van der Waals surface area (Å²) in [5.74, 6) is 0.416. The van der Waals surface area contributed by atoms with Gasteiger partial charge in [0, 0.05) is 44.7 Å². The van der Waals surface area contributed by atoms with Gasteiger partial charge in [-0.1, -0.05) is 0 Å². The predicted molar refractivity (Wildman–Crippen MR) is 97.8 cm³/mol. The van der Waals surface area contributed by atoms with Crippen molar-refractivity contribution in [1.29, 1.82) is 0 Å². The van der Waals surface area contributed by atoms with Crippen LogP contribution in [0.4, 0.5) is 5.69 Å². The fraction of sp³-hybridized carbons (Fsp3) is 0.421. The van der Waals surface area contributed by atoms with Crippen molar-refractivity contribution < 1.29 is 19.1 Å². The predicted octanol–water partition coefficient (Wildman–Crippen LogP) is 1.17. The molecular weight excluding hydrogens is 348 g/mol. The molecule has 2 amide bonds. The van der Waals surface area contributed by atoms with E-state index in [1.54, 1.807) is 31.4 Å². The summed E-state index contributed by atoms with van der Waals surface area (Å²) in [5.41, 5.74) is 1.16. The Balaban J connectivity index is 1.52. The number of hydrogen-bond acceptors (Lipinski definition) is 5. The van der Waals surface area contributed by atoms with Crippen molar-refractivity contribution in [3.63, 3.8) is 0 Å². The molecular formula is C19H22N4O4. The molecule has 3 heterocycles. The summed E-state index contributed by atoms with van der Waals surface area (Å²) in [6.07, 6.45) is 4.29. The number of aromatic nitrogens is 2. The normalized spacial score (nSPS) is 20.0. The molecule has 1 atom stereocenters. The minimum Gasteiger partial charge on any atom is -0.482 e. The van der Waals surface area contributed by atoms with Crippen molar-refractivity contribution >= 4 is 17.5 Å². The van der Waals surface area contributed by atoms with E-state index in [4.69, 9.17) is 9.47 Å². The largest absolute Gasteiger partial charge is 0.482 e. The van der Waals surface area contributed by atoms with Crippen molar-refractivity contribution in [3.05, 3.63) is 42.2 Å².